The van der Waals surface area contributed by atoms with E-state index in [1.807, 2.05) is 12.2 Å². The van der Waals surface area contributed by atoms with Gasteiger partial charge in [-0.1, -0.05) is 42.5 Å². The van der Waals surface area contributed by atoms with Gasteiger partial charge in [0.15, 0.2) is 12.4 Å². The van der Waals surface area contributed by atoms with Gasteiger partial charge in [0.25, 0.3) is 0 Å². The lowest BCUT2D eigenvalue weighted by Gasteiger charge is -2.16. The number of fused-ring (bicyclic) bond motifs is 5. The van der Waals surface area contributed by atoms with Crippen LogP contribution in [0.2, 0.25) is 0 Å². The van der Waals surface area contributed by atoms with Crippen LogP contribution in [0.4, 0.5) is 0 Å². The van der Waals surface area contributed by atoms with Gasteiger partial charge in [0.2, 0.25) is 11.8 Å². The molecule has 4 atom stereocenters. The normalized spacial score (nSPS) is 29.2. The Bertz CT molecular complexity index is 754. The number of ether oxygens (including phenoxy) is 1. The first-order chi connectivity index (χ1) is 12.1. The van der Waals surface area contributed by atoms with E-state index in [1.54, 1.807) is 30.3 Å². The van der Waals surface area contributed by atoms with E-state index in [4.69, 9.17) is 4.74 Å². The van der Waals surface area contributed by atoms with Crippen LogP contribution < -0.4 is 0 Å². The Hall–Kier alpha value is -2.76. The highest BCUT2D eigenvalue weighted by Crippen LogP contribution is 2.52. The van der Waals surface area contributed by atoms with Crippen molar-refractivity contribution in [2.75, 3.05) is 13.2 Å². The molecule has 0 unspecified atom stereocenters. The molecule has 2 bridgehead atoms. The second kappa shape index (κ2) is 5.95. The summed E-state index contributed by atoms with van der Waals surface area (Å²) in [6.07, 6.45) is 4.84. The minimum absolute atomic E-state index is 0.104. The summed E-state index contributed by atoms with van der Waals surface area (Å²) in [6.45, 7) is -0.828. The van der Waals surface area contributed by atoms with Gasteiger partial charge in [-0.2, -0.15) is 0 Å². The Kier molecular flexibility index (Phi) is 3.75. The molecule has 2 aliphatic carbocycles. The van der Waals surface area contributed by atoms with Gasteiger partial charge in [-0.25, -0.2) is 0 Å². The van der Waals surface area contributed by atoms with E-state index >= 15 is 0 Å². The van der Waals surface area contributed by atoms with E-state index in [2.05, 4.69) is 0 Å². The van der Waals surface area contributed by atoms with Gasteiger partial charge >= 0.3 is 5.97 Å². The van der Waals surface area contributed by atoms with Crippen LogP contribution in [0, 0.1) is 23.7 Å². The molecule has 2 fully saturated rings. The van der Waals surface area contributed by atoms with Gasteiger partial charge in [0.05, 0.1) is 11.8 Å². The summed E-state index contributed by atoms with van der Waals surface area (Å²) >= 11 is 0. The van der Waals surface area contributed by atoms with Crippen LogP contribution in [0.5, 0.6) is 0 Å². The highest BCUT2D eigenvalue weighted by atomic mass is 16.5. The molecular formula is C19H17NO5. The molecule has 1 saturated carbocycles. The molecule has 1 aromatic carbocycles. The Morgan fingerprint density at radius 1 is 1.00 bits per heavy atom. The highest BCUT2D eigenvalue weighted by Gasteiger charge is 2.59. The number of rotatable bonds is 5. The number of imide groups is 1. The van der Waals surface area contributed by atoms with Crippen LogP contribution in [-0.4, -0.2) is 41.6 Å². The highest BCUT2D eigenvalue weighted by molar-refractivity contribution is 6.08. The van der Waals surface area contributed by atoms with Crippen molar-refractivity contribution in [2.45, 2.75) is 6.42 Å². The number of hydrogen-bond acceptors (Lipinski definition) is 5. The monoisotopic (exact) mass is 339 g/mol. The van der Waals surface area contributed by atoms with Crippen molar-refractivity contribution in [1.29, 1.82) is 0 Å². The number of carbonyl (C=O) groups is 4. The second-order valence-corrected chi connectivity index (χ2v) is 6.71. The lowest BCUT2D eigenvalue weighted by molar-refractivity contribution is -0.152. The first-order valence-electron chi connectivity index (χ1n) is 8.33. The average molecular weight is 339 g/mol. The largest absolute Gasteiger partial charge is 0.456 e. The van der Waals surface area contributed by atoms with Crippen molar-refractivity contribution in [3.05, 3.63) is 48.0 Å². The molecule has 6 nitrogen and oxygen atoms in total. The minimum Gasteiger partial charge on any atom is -0.456 e. The number of allylic oxidation sites excluding steroid dienone is 2. The maximum absolute atomic E-state index is 12.5. The van der Waals surface area contributed by atoms with Crippen molar-refractivity contribution in [3.63, 3.8) is 0 Å². The summed E-state index contributed by atoms with van der Waals surface area (Å²) in [7, 11) is 0. The molecular weight excluding hydrogens is 322 g/mol. The molecule has 2 amide bonds. The number of benzene rings is 1. The van der Waals surface area contributed by atoms with Crippen LogP contribution in [0.15, 0.2) is 42.5 Å². The fourth-order valence-electron chi connectivity index (χ4n) is 4.15. The van der Waals surface area contributed by atoms with E-state index in [0.29, 0.717) is 5.56 Å². The third-order valence-electron chi connectivity index (χ3n) is 5.31. The Morgan fingerprint density at radius 3 is 2.20 bits per heavy atom. The summed E-state index contributed by atoms with van der Waals surface area (Å²) in [5, 5.41) is 0. The average Bonchev–Trinajstić information content (AvgIpc) is 3.30. The van der Waals surface area contributed by atoms with Gasteiger partial charge in [-0.15, -0.1) is 0 Å². The fourth-order valence-corrected chi connectivity index (χ4v) is 4.15. The molecule has 1 aliphatic heterocycles. The standard InChI is InChI=1S/C19H17NO5/c21-14(11-4-2-1-3-5-11)10-25-15(22)9-20-18(23)16-12-6-7-13(8-12)17(16)19(20)24/h1-7,12-13,16-17H,8-10H2/t12-,13-,16+,17+/m0/s1. The second-order valence-electron chi connectivity index (χ2n) is 6.71. The smallest absolute Gasteiger partial charge is 0.326 e. The van der Waals surface area contributed by atoms with Gasteiger partial charge in [-0.05, 0) is 18.3 Å². The quantitative estimate of drug-likeness (QED) is 0.349. The fraction of sp³-hybridized carbons (Fsp3) is 0.368. The topological polar surface area (TPSA) is 80.8 Å². The third kappa shape index (κ3) is 2.58. The summed E-state index contributed by atoms with van der Waals surface area (Å²) in [5.74, 6) is -2.11. The van der Waals surface area contributed by atoms with Crippen LogP contribution >= 0.6 is 0 Å². The minimum atomic E-state index is -0.744. The predicted octanol–water partition coefficient (Wildman–Crippen LogP) is 1.22. The molecule has 0 spiro atoms. The van der Waals surface area contributed by atoms with Crippen molar-refractivity contribution in [2.24, 2.45) is 23.7 Å². The van der Waals surface area contributed by atoms with E-state index in [0.717, 1.165) is 11.3 Å². The van der Waals surface area contributed by atoms with Gasteiger partial charge < -0.3 is 4.74 Å². The molecule has 25 heavy (non-hydrogen) atoms. The lowest BCUT2D eigenvalue weighted by Crippen LogP contribution is -2.38. The van der Waals surface area contributed by atoms with Crippen molar-refractivity contribution < 1.29 is 23.9 Å². The van der Waals surface area contributed by atoms with E-state index in [1.165, 1.54) is 0 Å². The lowest BCUT2D eigenvalue weighted by atomic mass is 9.85. The molecule has 1 heterocycles. The maximum Gasteiger partial charge on any atom is 0.326 e. The maximum atomic E-state index is 12.5. The molecule has 6 heteroatoms. The molecule has 1 saturated heterocycles. The molecule has 0 radical (unpaired) electrons. The Labute approximate surface area is 144 Å². The van der Waals surface area contributed by atoms with Gasteiger partial charge in [0, 0.05) is 5.56 Å². The first kappa shape index (κ1) is 15.7. The SMILES string of the molecule is O=C(CN1C(=O)[C@H]2[C@H](C1=O)[C@H]1C=C[C@H]2C1)OCC(=O)c1ccccc1. The predicted molar refractivity (Wildman–Crippen MR) is 86.2 cm³/mol. The number of esters is 1. The zero-order chi connectivity index (χ0) is 17.6. The summed E-state index contributed by atoms with van der Waals surface area (Å²) in [6, 6.07) is 8.49. The summed E-state index contributed by atoms with van der Waals surface area (Å²) in [5.41, 5.74) is 0.445. The number of amides is 2. The molecule has 0 aromatic heterocycles. The van der Waals surface area contributed by atoms with Gasteiger partial charge in [0.1, 0.15) is 6.54 Å². The zero-order valence-electron chi connectivity index (χ0n) is 13.5. The van der Waals surface area contributed by atoms with E-state index in [9.17, 15) is 19.2 Å². The van der Waals surface area contributed by atoms with Crippen LogP contribution in [-0.2, 0) is 19.1 Å². The van der Waals surface area contributed by atoms with Crippen LogP contribution in [0.3, 0.4) is 0 Å². The van der Waals surface area contributed by atoms with Crippen molar-refractivity contribution >= 4 is 23.6 Å². The van der Waals surface area contributed by atoms with Crippen LogP contribution in [0.25, 0.3) is 0 Å². The van der Waals surface area contributed by atoms with Crippen molar-refractivity contribution in [1.82, 2.24) is 4.90 Å². The number of nitrogens with zero attached hydrogens (tertiary/aromatic N) is 1. The zero-order valence-corrected chi connectivity index (χ0v) is 13.5. The first-order valence-corrected chi connectivity index (χ1v) is 8.33. The van der Waals surface area contributed by atoms with Gasteiger partial charge in [-0.3, -0.25) is 24.1 Å². The number of hydrogen-bond donors (Lipinski definition) is 0. The van der Waals surface area contributed by atoms with Crippen molar-refractivity contribution in [3.8, 4) is 0 Å². The third-order valence-corrected chi connectivity index (χ3v) is 5.31. The number of Topliss-reactive ketones (excluding diaryl/α,β-unsaturated/α-hetero) is 1. The summed E-state index contributed by atoms with van der Waals surface area (Å²) < 4.78 is 4.96. The Morgan fingerprint density at radius 2 is 1.60 bits per heavy atom. The van der Waals surface area contributed by atoms with E-state index in [-0.39, 0.29) is 41.3 Å². The number of ketones is 1. The Balaban J connectivity index is 1.35. The number of likely N-dealkylation sites (tertiary alicyclic amines) is 1. The number of carbonyl (C=O) groups excluding carboxylic acids is 4. The molecule has 4 rings (SSSR count). The molecule has 3 aliphatic rings. The molecule has 0 N–H and O–H groups in total. The molecule has 1 aromatic rings. The van der Waals surface area contributed by atoms with Crippen LogP contribution in [0.1, 0.15) is 16.8 Å². The molecule has 128 valence electrons. The van der Waals surface area contributed by atoms with E-state index < -0.39 is 19.1 Å². The summed E-state index contributed by atoms with van der Waals surface area (Å²) in [4.78, 5) is 49.9.